The average molecular weight is 219 g/mol. The molecule has 2 heteroatoms. The number of rotatable bonds is 4. The van der Waals surface area contributed by atoms with Crippen LogP contribution in [0.5, 0.6) is 0 Å². The van der Waals surface area contributed by atoms with Crippen LogP contribution in [-0.4, -0.2) is 17.8 Å². The number of aliphatic hydroxyl groups excluding tert-OH is 1. The molecule has 0 saturated heterocycles. The first kappa shape index (κ1) is 11.6. The summed E-state index contributed by atoms with van der Waals surface area (Å²) in [6.45, 7) is 2.27. The zero-order valence-electron chi connectivity index (χ0n) is 9.95. The number of benzene rings is 1. The van der Waals surface area contributed by atoms with Crippen LogP contribution in [0.2, 0.25) is 0 Å². The first-order valence-electron chi connectivity index (χ1n) is 6.23. The van der Waals surface area contributed by atoms with Gasteiger partial charge in [-0.25, -0.2) is 0 Å². The number of nitrogens with one attached hydrogen (secondary N) is 1. The van der Waals surface area contributed by atoms with Crippen molar-refractivity contribution in [3.8, 4) is 0 Å². The molecular formula is C14H21NO. The van der Waals surface area contributed by atoms with Gasteiger partial charge in [-0.05, 0) is 25.3 Å². The third-order valence-electron chi connectivity index (χ3n) is 3.42. The van der Waals surface area contributed by atoms with Crippen LogP contribution in [0.3, 0.4) is 0 Å². The normalized spacial score (nSPS) is 18.9. The molecule has 1 aromatic rings. The molecule has 2 rings (SSSR count). The summed E-state index contributed by atoms with van der Waals surface area (Å²) in [6.07, 6.45) is 5.15. The molecule has 0 heterocycles. The highest BCUT2D eigenvalue weighted by Crippen LogP contribution is 2.22. The smallest absolute Gasteiger partial charge is 0.0626 e. The minimum atomic E-state index is 0.1000. The highest BCUT2D eigenvalue weighted by atomic mass is 16.3. The molecule has 0 spiro atoms. The Morgan fingerprint density at radius 3 is 2.75 bits per heavy atom. The van der Waals surface area contributed by atoms with Crippen molar-refractivity contribution >= 4 is 0 Å². The second kappa shape index (κ2) is 5.46. The van der Waals surface area contributed by atoms with Crippen molar-refractivity contribution in [2.75, 3.05) is 6.61 Å². The minimum absolute atomic E-state index is 0.1000. The van der Waals surface area contributed by atoms with Crippen LogP contribution in [-0.2, 0) is 0 Å². The molecule has 0 aromatic heterocycles. The van der Waals surface area contributed by atoms with Crippen molar-refractivity contribution in [1.29, 1.82) is 0 Å². The standard InChI is InChI=1S/C14H21NO/c1-11-5-4-6-12(9-11)14(10-16)15-13-7-2-3-8-13/h4-6,9,13-16H,2-3,7-8,10H2,1H3. The molecule has 1 fully saturated rings. The van der Waals surface area contributed by atoms with Gasteiger partial charge in [-0.1, -0.05) is 42.7 Å². The van der Waals surface area contributed by atoms with Crippen LogP contribution in [0.15, 0.2) is 24.3 Å². The topological polar surface area (TPSA) is 32.3 Å². The van der Waals surface area contributed by atoms with E-state index in [0.717, 1.165) is 0 Å². The van der Waals surface area contributed by atoms with Crippen molar-refractivity contribution < 1.29 is 5.11 Å². The zero-order valence-corrected chi connectivity index (χ0v) is 9.95. The van der Waals surface area contributed by atoms with Crippen molar-refractivity contribution in [2.45, 2.75) is 44.7 Å². The molecule has 2 nitrogen and oxygen atoms in total. The van der Waals surface area contributed by atoms with Gasteiger partial charge in [-0.15, -0.1) is 0 Å². The van der Waals surface area contributed by atoms with Crippen LogP contribution in [0.1, 0.15) is 42.9 Å². The second-order valence-electron chi connectivity index (χ2n) is 4.80. The Kier molecular flexibility index (Phi) is 3.97. The molecule has 1 aromatic carbocycles. The minimum Gasteiger partial charge on any atom is -0.394 e. The average Bonchev–Trinajstić information content (AvgIpc) is 2.78. The molecule has 1 aliphatic rings. The lowest BCUT2D eigenvalue weighted by Gasteiger charge is -2.21. The van der Waals surface area contributed by atoms with E-state index in [0.29, 0.717) is 6.04 Å². The number of hydrogen-bond acceptors (Lipinski definition) is 2. The largest absolute Gasteiger partial charge is 0.394 e. The van der Waals surface area contributed by atoms with E-state index >= 15 is 0 Å². The molecule has 1 atom stereocenters. The van der Waals surface area contributed by atoms with Crippen molar-refractivity contribution in [3.05, 3.63) is 35.4 Å². The van der Waals surface area contributed by atoms with E-state index in [2.05, 4.69) is 36.5 Å². The fraction of sp³-hybridized carbons (Fsp3) is 0.571. The Labute approximate surface area is 97.7 Å². The third kappa shape index (κ3) is 2.83. The van der Waals surface area contributed by atoms with Crippen molar-refractivity contribution in [3.63, 3.8) is 0 Å². The molecule has 0 radical (unpaired) electrons. The fourth-order valence-corrected chi connectivity index (χ4v) is 2.52. The van der Waals surface area contributed by atoms with Gasteiger partial charge in [0.05, 0.1) is 12.6 Å². The monoisotopic (exact) mass is 219 g/mol. The van der Waals surface area contributed by atoms with Crippen LogP contribution in [0.4, 0.5) is 0 Å². The molecule has 16 heavy (non-hydrogen) atoms. The molecule has 1 saturated carbocycles. The van der Waals surface area contributed by atoms with E-state index < -0.39 is 0 Å². The fourth-order valence-electron chi connectivity index (χ4n) is 2.52. The second-order valence-corrected chi connectivity index (χ2v) is 4.80. The quantitative estimate of drug-likeness (QED) is 0.815. The van der Waals surface area contributed by atoms with Crippen molar-refractivity contribution in [1.82, 2.24) is 5.32 Å². The SMILES string of the molecule is Cc1cccc(C(CO)NC2CCCC2)c1. The Hall–Kier alpha value is -0.860. The lowest BCUT2D eigenvalue weighted by atomic mass is 10.0. The summed E-state index contributed by atoms with van der Waals surface area (Å²) in [5.41, 5.74) is 2.46. The maximum atomic E-state index is 9.47. The van der Waals surface area contributed by atoms with E-state index in [1.54, 1.807) is 0 Å². The van der Waals surface area contributed by atoms with Gasteiger partial charge in [-0.3, -0.25) is 0 Å². The van der Waals surface area contributed by atoms with Gasteiger partial charge >= 0.3 is 0 Å². The van der Waals surface area contributed by atoms with E-state index in [9.17, 15) is 5.11 Å². The number of aryl methyl sites for hydroxylation is 1. The molecular weight excluding hydrogens is 198 g/mol. The molecule has 0 amide bonds. The molecule has 0 bridgehead atoms. The Bertz CT molecular complexity index is 331. The molecule has 1 unspecified atom stereocenters. The van der Waals surface area contributed by atoms with Crippen LogP contribution >= 0.6 is 0 Å². The van der Waals surface area contributed by atoms with Crippen molar-refractivity contribution in [2.24, 2.45) is 0 Å². The number of aliphatic hydroxyl groups is 1. The molecule has 88 valence electrons. The van der Waals surface area contributed by atoms with Crippen LogP contribution < -0.4 is 5.32 Å². The van der Waals surface area contributed by atoms with E-state index in [1.807, 2.05) is 0 Å². The summed E-state index contributed by atoms with van der Waals surface area (Å²) < 4.78 is 0. The van der Waals surface area contributed by atoms with Gasteiger partial charge < -0.3 is 10.4 Å². The number of hydrogen-bond donors (Lipinski definition) is 2. The van der Waals surface area contributed by atoms with Gasteiger partial charge in [0, 0.05) is 6.04 Å². The Morgan fingerprint density at radius 2 is 2.12 bits per heavy atom. The summed E-state index contributed by atoms with van der Waals surface area (Å²) in [5, 5.41) is 13.0. The van der Waals surface area contributed by atoms with Gasteiger partial charge in [0.2, 0.25) is 0 Å². The molecule has 1 aliphatic carbocycles. The first-order valence-corrected chi connectivity index (χ1v) is 6.23. The van der Waals surface area contributed by atoms with E-state index in [1.165, 1.54) is 36.8 Å². The molecule has 2 N–H and O–H groups in total. The van der Waals surface area contributed by atoms with Crippen LogP contribution in [0.25, 0.3) is 0 Å². The Morgan fingerprint density at radius 1 is 1.38 bits per heavy atom. The maximum absolute atomic E-state index is 9.47. The maximum Gasteiger partial charge on any atom is 0.0626 e. The Balaban J connectivity index is 2.03. The van der Waals surface area contributed by atoms with Gasteiger partial charge in [0.1, 0.15) is 0 Å². The van der Waals surface area contributed by atoms with E-state index in [-0.39, 0.29) is 12.6 Å². The predicted octanol–water partition coefficient (Wildman–Crippen LogP) is 2.56. The highest BCUT2D eigenvalue weighted by Gasteiger charge is 2.19. The summed E-state index contributed by atoms with van der Waals surface area (Å²) in [4.78, 5) is 0. The summed E-state index contributed by atoms with van der Waals surface area (Å²) in [6, 6.07) is 9.09. The molecule has 0 aliphatic heterocycles. The summed E-state index contributed by atoms with van der Waals surface area (Å²) in [7, 11) is 0. The van der Waals surface area contributed by atoms with Crippen LogP contribution in [0, 0.1) is 6.92 Å². The van der Waals surface area contributed by atoms with Gasteiger partial charge in [0.15, 0.2) is 0 Å². The highest BCUT2D eigenvalue weighted by molar-refractivity contribution is 5.25. The first-order chi connectivity index (χ1) is 7.79. The lowest BCUT2D eigenvalue weighted by molar-refractivity contribution is 0.233. The van der Waals surface area contributed by atoms with Gasteiger partial charge in [0.25, 0.3) is 0 Å². The predicted molar refractivity (Wildman–Crippen MR) is 66.4 cm³/mol. The lowest BCUT2D eigenvalue weighted by Crippen LogP contribution is -2.32. The summed E-state index contributed by atoms with van der Waals surface area (Å²) >= 11 is 0. The van der Waals surface area contributed by atoms with E-state index in [4.69, 9.17) is 0 Å². The summed E-state index contributed by atoms with van der Waals surface area (Å²) in [5.74, 6) is 0. The zero-order chi connectivity index (χ0) is 11.4. The third-order valence-corrected chi connectivity index (χ3v) is 3.42. The van der Waals surface area contributed by atoms with Gasteiger partial charge in [-0.2, -0.15) is 0 Å².